The summed E-state index contributed by atoms with van der Waals surface area (Å²) >= 11 is 0. The fraction of sp³-hybridized carbons (Fsp3) is 0.118. The summed E-state index contributed by atoms with van der Waals surface area (Å²) < 4.78 is 31.4. The Morgan fingerprint density at radius 1 is 1.12 bits per heavy atom. The van der Waals surface area contributed by atoms with Crippen molar-refractivity contribution < 1.29 is 18.1 Å². The fourth-order valence-electron chi connectivity index (χ4n) is 2.09. The second-order valence-corrected chi connectivity index (χ2v) is 5.15. The summed E-state index contributed by atoms with van der Waals surface area (Å²) in [4.78, 5) is 16.1. The van der Waals surface area contributed by atoms with Crippen molar-refractivity contribution in [2.45, 2.75) is 13.3 Å². The molecule has 2 aromatic carbocycles. The van der Waals surface area contributed by atoms with Gasteiger partial charge in [-0.2, -0.15) is 4.98 Å². The maximum Gasteiger partial charge on any atom is 0.323 e. The van der Waals surface area contributed by atoms with Crippen LogP contribution < -0.4 is 10.6 Å². The first-order valence-corrected chi connectivity index (χ1v) is 7.51. The lowest BCUT2D eigenvalue weighted by atomic mass is 10.2. The van der Waals surface area contributed by atoms with Crippen molar-refractivity contribution in [1.29, 1.82) is 0 Å². The van der Waals surface area contributed by atoms with Crippen LogP contribution in [0.2, 0.25) is 0 Å². The number of halogens is 2. The highest BCUT2D eigenvalue weighted by Crippen LogP contribution is 2.20. The number of hydrogen-bond acceptors (Lipinski definition) is 4. The van der Waals surface area contributed by atoms with E-state index in [-0.39, 0.29) is 5.69 Å². The Hall–Kier alpha value is -3.29. The van der Waals surface area contributed by atoms with Gasteiger partial charge in [-0.15, -0.1) is 0 Å². The van der Waals surface area contributed by atoms with Crippen molar-refractivity contribution in [3.63, 3.8) is 0 Å². The van der Waals surface area contributed by atoms with E-state index in [1.54, 1.807) is 24.3 Å². The van der Waals surface area contributed by atoms with Gasteiger partial charge in [0.05, 0.1) is 5.69 Å². The van der Waals surface area contributed by atoms with Crippen LogP contribution in [0.4, 0.5) is 25.0 Å². The average molecular weight is 344 g/mol. The van der Waals surface area contributed by atoms with Gasteiger partial charge >= 0.3 is 6.03 Å². The van der Waals surface area contributed by atoms with Crippen molar-refractivity contribution in [1.82, 2.24) is 10.1 Å². The van der Waals surface area contributed by atoms with Crippen LogP contribution >= 0.6 is 0 Å². The number of nitrogens with zero attached hydrogens (tertiary/aromatic N) is 2. The predicted molar refractivity (Wildman–Crippen MR) is 88.1 cm³/mol. The topological polar surface area (TPSA) is 80.0 Å². The molecule has 0 fully saturated rings. The summed E-state index contributed by atoms with van der Waals surface area (Å²) in [7, 11) is 0. The minimum Gasteiger partial charge on any atom is -0.339 e. The van der Waals surface area contributed by atoms with Gasteiger partial charge in [0.15, 0.2) is 0 Å². The molecular formula is C17H14F2N4O2. The molecule has 0 saturated carbocycles. The molecule has 3 rings (SSSR count). The summed E-state index contributed by atoms with van der Waals surface area (Å²) in [6, 6.07) is 9.00. The predicted octanol–water partition coefficient (Wildman–Crippen LogP) is 4.22. The normalized spacial score (nSPS) is 10.5. The van der Waals surface area contributed by atoms with Crippen LogP contribution in [0.15, 0.2) is 47.0 Å². The zero-order chi connectivity index (χ0) is 17.8. The highest BCUT2D eigenvalue weighted by molar-refractivity contribution is 5.99. The number of carbonyl (C=O) groups is 1. The number of urea groups is 1. The first-order valence-electron chi connectivity index (χ1n) is 7.51. The summed E-state index contributed by atoms with van der Waals surface area (Å²) in [5.41, 5.74) is 1.11. The van der Waals surface area contributed by atoms with E-state index in [1.807, 2.05) is 6.92 Å². The largest absolute Gasteiger partial charge is 0.339 e. The van der Waals surface area contributed by atoms with Gasteiger partial charge in [0, 0.05) is 23.7 Å². The van der Waals surface area contributed by atoms with Gasteiger partial charge in [-0.1, -0.05) is 12.1 Å². The highest BCUT2D eigenvalue weighted by Gasteiger charge is 2.10. The molecule has 8 heteroatoms. The lowest BCUT2D eigenvalue weighted by Gasteiger charge is -2.08. The standard InChI is InChI=1S/C17H14F2N4O2/c1-2-15-22-16(23-25-15)10-3-6-12(7-4-10)20-17(24)21-14-8-5-11(18)9-13(14)19/h3-9H,2H2,1H3,(H2,20,21,24). The second kappa shape index (κ2) is 7.08. The number of carbonyl (C=O) groups excluding carboxylic acids is 1. The first-order chi connectivity index (χ1) is 12.0. The SMILES string of the molecule is CCc1nc(-c2ccc(NC(=O)Nc3ccc(F)cc3F)cc2)no1. The van der Waals surface area contributed by atoms with Crippen LogP contribution in [0.3, 0.4) is 0 Å². The third kappa shape index (κ3) is 3.97. The maximum atomic E-state index is 13.5. The van der Waals surface area contributed by atoms with E-state index >= 15 is 0 Å². The van der Waals surface area contributed by atoms with Crippen molar-refractivity contribution >= 4 is 17.4 Å². The molecule has 0 atom stereocenters. The Kier molecular flexibility index (Phi) is 4.69. The summed E-state index contributed by atoms with van der Waals surface area (Å²) in [6.07, 6.45) is 0.646. The number of anilines is 2. The Bertz CT molecular complexity index is 894. The van der Waals surface area contributed by atoms with Crippen LogP contribution in [0.1, 0.15) is 12.8 Å². The molecule has 3 aromatic rings. The Labute approximate surface area is 141 Å². The van der Waals surface area contributed by atoms with E-state index < -0.39 is 17.7 Å². The first kappa shape index (κ1) is 16.6. The minimum atomic E-state index is -0.852. The van der Waals surface area contributed by atoms with Crippen molar-refractivity contribution in [2.24, 2.45) is 0 Å². The number of rotatable bonds is 4. The number of hydrogen-bond donors (Lipinski definition) is 2. The van der Waals surface area contributed by atoms with Crippen molar-refractivity contribution in [3.05, 3.63) is 60.0 Å². The Morgan fingerprint density at radius 2 is 1.88 bits per heavy atom. The molecule has 6 nitrogen and oxygen atoms in total. The van der Waals surface area contributed by atoms with Gasteiger partial charge in [0.1, 0.15) is 11.6 Å². The molecule has 0 aliphatic rings. The number of aromatic nitrogens is 2. The lowest BCUT2D eigenvalue weighted by molar-refractivity contribution is 0.262. The summed E-state index contributed by atoms with van der Waals surface area (Å²) in [5.74, 6) is -0.569. The number of aryl methyl sites for hydroxylation is 1. The number of amides is 2. The summed E-state index contributed by atoms with van der Waals surface area (Å²) in [6.45, 7) is 1.91. The molecule has 0 aliphatic heterocycles. The summed E-state index contributed by atoms with van der Waals surface area (Å²) in [5, 5.41) is 8.73. The maximum absolute atomic E-state index is 13.5. The molecule has 0 aliphatic carbocycles. The molecule has 0 spiro atoms. The third-order valence-electron chi connectivity index (χ3n) is 3.35. The molecule has 0 unspecified atom stereocenters. The molecule has 1 heterocycles. The van der Waals surface area contributed by atoms with Crippen molar-refractivity contribution in [3.8, 4) is 11.4 Å². The van der Waals surface area contributed by atoms with E-state index in [0.717, 1.165) is 17.7 Å². The van der Waals surface area contributed by atoms with E-state index in [1.165, 1.54) is 0 Å². The minimum absolute atomic E-state index is 0.116. The van der Waals surface area contributed by atoms with Crippen LogP contribution in [-0.4, -0.2) is 16.2 Å². The molecule has 128 valence electrons. The monoisotopic (exact) mass is 344 g/mol. The molecule has 1 aromatic heterocycles. The van der Waals surface area contributed by atoms with Gasteiger partial charge in [-0.3, -0.25) is 0 Å². The lowest BCUT2D eigenvalue weighted by Crippen LogP contribution is -2.20. The van der Waals surface area contributed by atoms with E-state index in [4.69, 9.17) is 4.52 Å². The zero-order valence-electron chi connectivity index (χ0n) is 13.2. The Morgan fingerprint density at radius 3 is 2.52 bits per heavy atom. The molecular weight excluding hydrogens is 330 g/mol. The molecule has 25 heavy (non-hydrogen) atoms. The smallest absolute Gasteiger partial charge is 0.323 e. The van der Waals surface area contributed by atoms with E-state index in [9.17, 15) is 13.6 Å². The van der Waals surface area contributed by atoms with E-state index in [0.29, 0.717) is 29.9 Å². The Balaban J connectivity index is 1.65. The van der Waals surface area contributed by atoms with Gasteiger partial charge in [-0.25, -0.2) is 13.6 Å². The molecule has 2 amide bonds. The average Bonchev–Trinajstić information content (AvgIpc) is 3.07. The fourth-order valence-corrected chi connectivity index (χ4v) is 2.09. The second-order valence-electron chi connectivity index (χ2n) is 5.15. The number of benzene rings is 2. The van der Waals surface area contributed by atoms with Gasteiger partial charge in [0.25, 0.3) is 0 Å². The zero-order valence-corrected chi connectivity index (χ0v) is 13.2. The third-order valence-corrected chi connectivity index (χ3v) is 3.35. The quantitative estimate of drug-likeness (QED) is 0.742. The van der Waals surface area contributed by atoms with Gasteiger partial charge in [-0.05, 0) is 36.4 Å². The molecule has 0 radical (unpaired) electrons. The van der Waals surface area contributed by atoms with Gasteiger partial charge in [0.2, 0.25) is 11.7 Å². The van der Waals surface area contributed by atoms with Crippen LogP contribution in [0.5, 0.6) is 0 Å². The molecule has 0 saturated heterocycles. The van der Waals surface area contributed by atoms with E-state index in [2.05, 4.69) is 20.8 Å². The van der Waals surface area contributed by atoms with Crippen LogP contribution in [0, 0.1) is 11.6 Å². The van der Waals surface area contributed by atoms with Crippen LogP contribution in [0.25, 0.3) is 11.4 Å². The highest BCUT2D eigenvalue weighted by atomic mass is 19.1. The molecule has 0 bridgehead atoms. The van der Waals surface area contributed by atoms with Gasteiger partial charge < -0.3 is 15.2 Å². The number of nitrogens with one attached hydrogen (secondary N) is 2. The van der Waals surface area contributed by atoms with Crippen molar-refractivity contribution in [2.75, 3.05) is 10.6 Å². The molecule has 2 N–H and O–H groups in total. The van der Waals surface area contributed by atoms with Crippen LogP contribution in [-0.2, 0) is 6.42 Å².